The van der Waals surface area contributed by atoms with Gasteiger partial charge in [-0.2, -0.15) is 0 Å². The molecule has 7 heteroatoms. The number of fused-ring (bicyclic) bond motifs is 1. The third kappa shape index (κ3) is 4.42. The minimum absolute atomic E-state index is 0.202. The van der Waals surface area contributed by atoms with Crippen molar-refractivity contribution in [2.75, 3.05) is 5.32 Å². The molecule has 0 radical (unpaired) electrons. The van der Waals surface area contributed by atoms with Gasteiger partial charge in [-0.1, -0.05) is 29.3 Å². The van der Waals surface area contributed by atoms with E-state index in [1.54, 1.807) is 18.2 Å². The molecule has 4 aromatic rings. The number of oxazole rings is 1. The predicted molar refractivity (Wildman–Crippen MR) is 127 cm³/mol. The molecule has 0 fully saturated rings. The Morgan fingerprint density at radius 2 is 1.77 bits per heavy atom. The molecule has 2 N–H and O–H groups in total. The molecule has 1 heterocycles. The van der Waals surface area contributed by atoms with Crippen LogP contribution in [0.4, 0.5) is 5.69 Å². The smallest absolute Gasteiger partial charge is 0.258 e. The molecule has 30 heavy (non-hydrogen) atoms. The minimum Gasteiger partial charge on any atom is -0.436 e. The van der Waals surface area contributed by atoms with Crippen LogP contribution in [-0.4, -0.2) is 16.0 Å². The Kier molecular flexibility index (Phi) is 5.65. The zero-order valence-corrected chi connectivity index (χ0v) is 18.7. The van der Waals surface area contributed by atoms with Crippen LogP contribution in [0.15, 0.2) is 69.6 Å². The Labute approximate surface area is 187 Å². The second-order valence-electron chi connectivity index (χ2n) is 6.97. The van der Waals surface area contributed by atoms with Gasteiger partial charge in [0.15, 0.2) is 10.7 Å². The van der Waals surface area contributed by atoms with Crippen molar-refractivity contribution in [2.45, 2.75) is 13.8 Å². The highest BCUT2D eigenvalue weighted by molar-refractivity contribution is 9.10. The zero-order chi connectivity index (χ0) is 21.3. The van der Waals surface area contributed by atoms with E-state index in [0.29, 0.717) is 32.7 Å². The molecule has 1 aromatic heterocycles. The van der Waals surface area contributed by atoms with Gasteiger partial charge in [-0.05, 0) is 84.5 Å². The number of thiocarbonyl (C=S) groups is 1. The zero-order valence-electron chi connectivity index (χ0n) is 16.3. The quantitative estimate of drug-likeness (QED) is 0.352. The normalized spacial score (nSPS) is 10.8. The fraction of sp³-hybridized carbons (Fsp3) is 0.0870. The van der Waals surface area contributed by atoms with E-state index in [4.69, 9.17) is 16.6 Å². The Balaban J connectivity index is 1.51. The first-order chi connectivity index (χ1) is 14.4. The highest BCUT2D eigenvalue weighted by Crippen LogP contribution is 2.27. The van der Waals surface area contributed by atoms with Crippen molar-refractivity contribution in [1.82, 2.24) is 10.3 Å². The van der Waals surface area contributed by atoms with Crippen molar-refractivity contribution < 1.29 is 9.21 Å². The Morgan fingerprint density at radius 3 is 2.50 bits per heavy atom. The molecule has 5 nitrogen and oxygen atoms in total. The lowest BCUT2D eigenvalue weighted by molar-refractivity contribution is 0.0977. The van der Waals surface area contributed by atoms with Gasteiger partial charge in [-0.25, -0.2) is 4.98 Å². The molecule has 3 aromatic carbocycles. The number of anilines is 1. The minimum atomic E-state index is -0.292. The van der Waals surface area contributed by atoms with Gasteiger partial charge < -0.3 is 9.73 Å². The van der Waals surface area contributed by atoms with Gasteiger partial charge in [0.25, 0.3) is 5.91 Å². The molecule has 0 unspecified atom stereocenters. The monoisotopic (exact) mass is 479 g/mol. The van der Waals surface area contributed by atoms with Crippen molar-refractivity contribution in [2.24, 2.45) is 0 Å². The number of aromatic nitrogens is 1. The van der Waals surface area contributed by atoms with Crippen LogP contribution in [-0.2, 0) is 0 Å². The SMILES string of the molecule is Cc1cc(C)cc(-c2nc3cc(NC(=S)NC(=O)c4ccccc4Br)ccc3o2)c1. The Morgan fingerprint density at radius 1 is 1.03 bits per heavy atom. The number of halogens is 1. The van der Waals surface area contributed by atoms with Crippen LogP contribution in [0.2, 0.25) is 0 Å². The predicted octanol–water partition coefficient (Wildman–Crippen LogP) is 6.00. The molecule has 0 saturated heterocycles. The van der Waals surface area contributed by atoms with Crippen LogP contribution in [0.3, 0.4) is 0 Å². The number of carbonyl (C=O) groups excluding carboxylic acids is 1. The number of rotatable bonds is 3. The maximum atomic E-state index is 12.4. The van der Waals surface area contributed by atoms with Crippen molar-refractivity contribution >= 4 is 56.0 Å². The average Bonchev–Trinajstić information content (AvgIpc) is 3.11. The number of benzene rings is 3. The second kappa shape index (κ2) is 8.38. The molecule has 1 amide bonds. The summed E-state index contributed by atoms with van der Waals surface area (Å²) in [5, 5.41) is 5.91. The number of aryl methyl sites for hydroxylation is 2. The molecule has 0 saturated carbocycles. The fourth-order valence-corrected chi connectivity index (χ4v) is 3.88. The number of hydrogen-bond acceptors (Lipinski definition) is 4. The molecular weight excluding hydrogens is 462 g/mol. The van der Waals surface area contributed by atoms with E-state index < -0.39 is 0 Å². The molecule has 0 aliphatic carbocycles. The lowest BCUT2D eigenvalue weighted by Crippen LogP contribution is -2.34. The van der Waals surface area contributed by atoms with E-state index in [-0.39, 0.29) is 11.0 Å². The summed E-state index contributed by atoms with van der Waals surface area (Å²) < 4.78 is 6.62. The number of nitrogens with zero attached hydrogens (tertiary/aromatic N) is 1. The number of amides is 1. The summed E-state index contributed by atoms with van der Waals surface area (Å²) in [6, 6.07) is 18.9. The number of hydrogen-bond donors (Lipinski definition) is 2. The molecule has 0 bridgehead atoms. The topological polar surface area (TPSA) is 67.2 Å². The summed E-state index contributed by atoms with van der Waals surface area (Å²) >= 11 is 8.65. The number of nitrogens with one attached hydrogen (secondary N) is 2. The van der Waals surface area contributed by atoms with E-state index in [1.807, 2.05) is 50.2 Å². The first-order valence-corrected chi connectivity index (χ1v) is 10.5. The summed E-state index contributed by atoms with van der Waals surface area (Å²) in [5.74, 6) is 0.276. The summed E-state index contributed by atoms with van der Waals surface area (Å²) in [7, 11) is 0. The van der Waals surface area contributed by atoms with Gasteiger partial charge in [0.05, 0.1) is 5.56 Å². The lowest BCUT2D eigenvalue weighted by atomic mass is 10.1. The molecule has 0 aliphatic heterocycles. The maximum absolute atomic E-state index is 12.4. The number of carbonyl (C=O) groups is 1. The molecule has 0 aliphatic rings. The van der Waals surface area contributed by atoms with Crippen LogP contribution < -0.4 is 10.6 Å². The van der Waals surface area contributed by atoms with Crippen molar-refractivity contribution in [1.29, 1.82) is 0 Å². The van der Waals surface area contributed by atoms with Gasteiger partial charge in [0.1, 0.15) is 5.52 Å². The van der Waals surface area contributed by atoms with E-state index in [1.165, 1.54) is 0 Å². The van der Waals surface area contributed by atoms with Crippen LogP contribution in [0.25, 0.3) is 22.6 Å². The lowest BCUT2D eigenvalue weighted by Gasteiger charge is -2.10. The molecule has 0 atom stereocenters. The standard InChI is InChI=1S/C23H18BrN3O2S/c1-13-9-14(2)11-15(10-13)22-26-19-12-16(7-8-20(19)29-22)25-23(30)27-21(28)17-5-3-4-6-18(17)24/h3-12H,1-2H3,(H2,25,27,28,30). The van der Waals surface area contributed by atoms with Crippen LogP contribution in [0.1, 0.15) is 21.5 Å². The first-order valence-electron chi connectivity index (χ1n) is 9.25. The summed E-state index contributed by atoms with van der Waals surface area (Å²) in [4.78, 5) is 17.0. The second-order valence-corrected chi connectivity index (χ2v) is 8.23. The van der Waals surface area contributed by atoms with Gasteiger partial charge in [0.2, 0.25) is 5.89 Å². The van der Waals surface area contributed by atoms with Gasteiger partial charge >= 0.3 is 0 Å². The molecule has 0 spiro atoms. The van der Waals surface area contributed by atoms with Crippen LogP contribution >= 0.6 is 28.1 Å². The fourth-order valence-electron chi connectivity index (χ4n) is 3.20. The highest BCUT2D eigenvalue weighted by Gasteiger charge is 2.13. The van der Waals surface area contributed by atoms with Gasteiger partial charge in [-0.3, -0.25) is 10.1 Å². The first kappa shape index (κ1) is 20.3. The molecular formula is C23H18BrN3O2S. The third-order valence-corrected chi connectivity index (χ3v) is 5.36. The Bertz CT molecular complexity index is 1260. The highest BCUT2D eigenvalue weighted by atomic mass is 79.9. The summed E-state index contributed by atoms with van der Waals surface area (Å²) in [6.07, 6.45) is 0. The third-order valence-electron chi connectivity index (χ3n) is 4.46. The average molecular weight is 480 g/mol. The maximum Gasteiger partial charge on any atom is 0.258 e. The van der Waals surface area contributed by atoms with Gasteiger partial charge in [0, 0.05) is 15.7 Å². The van der Waals surface area contributed by atoms with E-state index >= 15 is 0 Å². The summed E-state index contributed by atoms with van der Waals surface area (Å²) in [5.41, 5.74) is 5.84. The largest absolute Gasteiger partial charge is 0.436 e. The van der Waals surface area contributed by atoms with Crippen molar-refractivity contribution in [3.05, 3.63) is 81.8 Å². The van der Waals surface area contributed by atoms with Gasteiger partial charge in [-0.15, -0.1) is 0 Å². The Hall–Kier alpha value is -3.03. The van der Waals surface area contributed by atoms with Crippen LogP contribution in [0.5, 0.6) is 0 Å². The van der Waals surface area contributed by atoms with Crippen molar-refractivity contribution in [3.63, 3.8) is 0 Å². The van der Waals surface area contributed by atoms with E-state index in [2.05, 4.69) is 37.6 Å². The van der Waals surface area contributed by atoms with E-state index in [9.17, 15) is 4.79 Å². The summed E-state index contributed by atoms with van der Waals surface area (Å²) in [6.45, 7) is 4.09. The van der Waals surface area contributed by atoms with Crippen LogP contribution in [0, 0.1) is 13.8 Å². The van der Waals surface area contributed by atoms with E-state index in [0.717, 1.165) is 16.7 Å². The molecule has 4 rings (SSSR count). The van der Waals surface area contributed by atoms with Crippen molar-refractivity contribution in [3.8, 4) is 11.5 Å². The molecule has 150 valence electrons.